The van der Waals surface area contributed by atoms with Crippen molar-refractivity contribution in [3.63, 3.8) is 0 Å². The number of alkyl halides is 1. The summed E-state index contributed by atoms with van der Waals surface area (Å²) in [6.45, 7) is 2.65. The molecule has 41 heavy (non-hydrogen) atoms. The lowest BCUT2D eigenvalue weighted by Gasteiger charge is -2.51. The molecule has 2 unspecified atom stereocenters. The number of fused-ring (bicyclic) bond motifs is 2. The van der Waals surface area contributed by atoms with Gasteiger partial charge in [0.2, 0.25) is 11.1 Å². The zero-order valence-corrected chi connectivity index (χ0v) is 23.8. The number of hydrogen-bond acceptors (Lipinski definition) is 5. The molecule has 3 fully saturated rings. The molecular weight excluding hydrogens is 546 g/mol. The highest BCUT2D eigenvalue weighted by Gasteiger charge is 2.54. The van der Waals surface area contributed by atoms with Crippen LogP contribution in [-0.4, -0.2) is 64.1 Å². The van der Waals surface area contributed by atoms with Gasteiger partial charge in [0.05, 0.1) is 17.5 Å². The number of ether oxygens (including phenoxy) is 1. The third-order valence-electron chi connectivity index (χ3n) is 9.33. The number of nitrogens with zero attached hydrogens (tertiary/aromatic N) is 4. The molecule has 7 rings (SSSR count). The number of methoxy groups -OCH3 is 1. The molecular formula is C31H34F2N4O3S. The Morgan fingerprint density at radius 3 is 2.49 bits per heavy atom. The lowest BCUT2D eigenvalue weighted by Crippen LogP contribution is -2.55. The van der Waals surface area contributed by atoms with Crippen molar-refractivity contribution in [1.29, 1.82) is 0 Å². The number of anilines is 2. The quantitative estimate of drug-likeness (QED) is 0.378. The third-order valence-corrected chi connectivity index (χ3v) is 9.99. The Morgan fingerprint density at radius 1 is 1.07 bits per heavy atom. The second-order valence-corrected chi connectivity index (χ2v) is 12.7. The molecule has 2 aliphatic carbocycles. The zero-order chi connectivity index (χ0) is 28.3. The smallest absolute Gasteiger partial charge is 0.207 e. The molecule has 3 heterocycles. The third kappa shape index (κ3) is 4.70. The van der Waals surface area contributed by atoms with Gasteiger partial charge in [-0.1, -0.05) is 11.6 Å². The molecule has 7 nitrogen and oxygen atoms in total. The average molecular weight is 581 g/mol. The van der Waals surface area contributed by atoms with E-state index in [1.807, 2.05) is 12.1 Å². The maximum absolute atomic E-state index is 14.0. The summed E-state index contributed by atoms with van der Waals surface area (Å²) < 4.78 is 58.5. The molecule has 4 atom stereocenters. The van der Waals surface area contributed by atoms with Gasteiger partial charge in [0.15, 0.2) is 5.03 Å². The van der Waals surface area contributed by atoms with Crippen molar-refractivity contribution in [3.8, 4) is 5.69 Å². The van der Waals surface area contributed by atoms with Crippen LogP contribution in [0.3, 0.4) is 0 Å². The Morgan fingerprint density at radius 2 is 1.83 bits per heavy atom. The molecule has 0 spiro atoms. The molecule has 0 bridgehead atoms. The number of benzene rings is 2. The summed E-state index contributed by atoms with van der Waals surface area (Å²) in [5.41, 5.74) is 5.13. The van der Waals surface area contributed by atoms with Crippen molar-refractivity contribution in [1.82, 2.24) is 9.78 Å². The van der Waals surface area contributed by atoms with E-state index in [0.717, 1.165) is 55.0 Å². The van der Waals surface area contributed by atoms with E-state index in [-0.39, 0.29) is 16.9 Å². The highest BCUT2D eigenvalue weighted by molar-refractivity contribution is 7.79. The van der Waals surface area contributed by atoms with E-state index in [0.29, 0.717) is 37.5 Å². The Labute approximate surface area is 241 Å². The number of rotatable bonds is 7. The van der Waals surface area contributed by atoms with Crippen molar-refractivity contribution in [2.24, 2.45) is 11.3 Å². The van der Waals surface area contributed by atoms with Crippen molar-refractivity contribution in [3.05, 3.63) is 71.2 Å². The zero-order valence-electron chi connectivity index (χ0n) is 23.0. The normalized spacial score (nSPS) is 25.5. The van der Waals surface area contributed by atoms with Crippen LogP contribution in [0.15, 0.2) is 59.1 Å². The fourth-order valence-electron chi connectivity index (χ4n) is 7.27. The first kappa shape index (κ1) is 26.8. The van der Waals surface area contributed by atoms with Crippen LogP contribution in [0.1, 0.15) is 36.9 Å². The number of aromatic nitrogens is 2. The maximum atomic E-state index is 14.0. The Bertz CT molecular complexity index is 1520. The lowest BCUT2D eigenvalue weighted by atomic mass is 9.63. The van der Waals surface area contributed by atoms with Crippen LogP contribution in [0.25, 0.3) is 11.8 Å². The second kappa shape index (κ2) is 10.3. The van der Waals surface area contributed by atoms with Crippen LogP contribution in [0.4, 0.5) is 20.2 Å². The molecule has 3 aromatic rings. The van der Waals surface area contributed by atoms with Crippen molar-refractivity contribution < 1.29 is 22.3 Å². The average Bonchev–Trinajstić information content (AvgIpc) is 3.60. The van der Waals surface area contributed by atoms with E-state index in [2.05, 4.69) is 33.1 Å². The fourth-order valence-corrected chi connectivity index (χ4v) is 7.81. The Hall–Kier alpha value is -3.08. The molecule has 2 saturated heterocycles. The molecule has 0 amide bonds. The van der Waals surface area contributed by atoms with Crippen molar-refractivity contribution in [2.75, 3.05) is 43.1 Å². The summed E-state index contributed by atoms with van der Waals surface area (Å²) >= 11 is -2.29. The molecule has 2 aromatic carbocycles. The van der Waals surface area contributed by atoms with Crippen LogP contribution >= 0.6 is 0 Å². The monoisotopic (exact) mass is 580 g/mol. The van der Waals surface area contributed by atoms with Gasteiger partial charge in [-0.05, 0) is 86.6 Å². The van der Waals surface area contributed by atoms with Gasteiger partial charge in [0, 0.05) is 55.6 Å². The Balaban J connectivity index is 1.30. The summed E-state index contributed by atoms with van der Waals surface area (Å²) in [6.07, 6.45) is 5.39. The van der Waals surface area contributed by atoms with Crippen LogP contribution in [0, 0.1) is 17.2 Å². The molecule has 2 aliphatic heterocycles. The fraction of sp³-hybridized carbons (Fsp3) is 0.452. The minimum atomic E-state index is -2.29. The predicted octanol–water partition coefficient (Wildman–Crippen LogP) is 5.40. The highest BCUT2D eigenvalue weighted by Crippen LogP contribution is 2.54. The van der Waals surface area contributed by atoms with Gasteiger partial charge in [-0.15, -0.1) is 0 Å². The van der Waals surface area contributed by atoms with E-state index in [4.69, 9.17) is 4.74 Å². The summed E-state index contributed by atoms with van der Waals surface area (Å²) in [7, 11) is 1.78. The van der Waals surface area contributed by atoms with Gasteiger partial charge in [0.25, 0.3) is 0 Å². The van der Waals surface area contributed by atoms with Crippen molar-refractivity contribution >= 4 is 28.5 Å². The van der Waals surface area contributed by atoms with Gasteiger partial charge in [-0.2, -0.15) is 5.10 Å². The molecule has 1 saturated carbocycles. The lowest BCUT2D eigenvalue weighted by molar-refractivity contribution is -0.0109. The van der Waals surface area contributed by atoms with Gasteiger partial charge in [0.1, 0.15) is 12.0 Å². The number of halogens is 2. The van der Waals surface area contributed by atoms with Crippen LogP contribution < -0.4 is 9.80 Å². The molecule has 4 aliphatic rings. The summed E-state index contributed by atoms with van der Waals surface area (Å²) in [5.74, 6) is 0.0775. The summed E-state index contributed by atoms with van der Waals surface area (Å²) in [6, 6.07) is 14.4. The van der Waals surface area contributed by atoms with Crippen LogP contribution in [0.5, 0.6) is 0 Å². The second-order valence-electron chi connectivity index (χ2n) is 11.8. The SMILES string of the molecule is COC(C1CC1)[C@]12Cc3c(S(=O)O)nn(-c4ccc(F)cc4)c3C=C1CCN(c1cccc(N3CC[C@H](F)C3)c1)C2. The first-order valence-electron chi connectivity index (χ1n) is 14.3. The molecule has 0 radical (unpaired) electrons. The number of hydrogen-bond donors (Lipinski definition) is 1. The van der Waals surface area contributed by atoms with Crippen molar-refractivity contribution in [2.45, 2.75) is 49.4 Å². The van der Waals surface area contributed by atoms with Crippen LogP contribution in [0.2, 0.25) is 0 Å². The predicted molar refractivity (Wildman–Crippen MR) is 155 cm³/mol. The van der Waals surface area contributed by atoms with E-state index in [1.54, 1.807) is 23.9 Å². The largest absolute Gasteiger partial charge is 0.380 e. The summed E-state index contributed by atoms with van der Waals surface area (Å²) in [4.78, 5) is 4.50. The topological polar surface area (TPSA) is 70.8 Å². The van der Waals surface area contributed by atoms with Gasteiger partial charge in [-0.25, -0.2) is 17.7 Å². The molecule has 1 aromatic heterocycles. The minimum absolute atomic E-state index is 0.0482. The maximum Gasteiger partial charge on any atom is 0.207 e. The Kier molecular flexibility index (Phi) is 6.75. The van der Waals surface area contributed by atoms with Crippen LogP contribution in [-0.2, 0) is 22.2 Å². The van der Waals surface area contributed by atoms with E-state index >= 15 is 0 Å². The molecule has 10 heteroatoms. The van der Waals surface area contributed by atoms with Gasteiger partial charge in [-0.3, -0.25) is 0 Å². The van der Waals surface area contributed by atoms with E-state index < -0.39 is 22.7 Å². The standard InChI is InChI=1S/C31H34F2N4O3S/c1-40-29(20-5-6-20)31-17-27-28(37(34-30(27)41(38)39)24-9-7-22(32)8-10-24)15-21(31)11-13-36(19-31)26-4-2-3-25(16-26)35-14-12-23(33)18-35/h2-4,7-10,15-16,20,23,29H,5-6,11-14,17-19H2,1H3,(H,38,39)/t23-,29?,31-/m0/s1. The first-order chi connectivity index (χ1) is 19.9. The van der Waals surface area contributed by atoms with Gasteiger partial charge < -0.3 is 19.1 Å². The first-order valence-corrected chi connectivity index (χ1v) is 15.4. The van der Waals surface area contributed by atoms with Gasteiger partial charge >= 0.3 is 0 Å². The number of piperidine rings is 1. The molecule has 216 valence electrons. The van der Waals surface area contributed by atoms with E-state index in [9.17, 15) is 17.5 Å². The summed E-state index contributed by atoms with van der Waals surface area (Å²) in [5, 5.41) is 4.71. The highest BCUT2D eigenvalue weighted by atomic mass is 32.2. The van der Waals surface area contributed by atoms with E-state index in [1.165, 1.54) is 17.7 Å². The molecule has 1 N–H and O–H groups in total. The minimum Gasteiger partial charge on any atom is -0.380 e.